The molecule has 0 bridgehead atoms. The van der Waals surface area contributed by atoms with E-state index < -0.39 is 0 Å². The Bertz CT molecular complexity index is 939. The summed E-state index contributed by atoms with van der Waals surface area (Å²) < 4.78 is 0. The normalized spacial score (nSPS) is 20.8. The molecule has 2 amide bonds. The van der Waals surface area contributed by atoms with Crippen molar-refractivity contribution in [3.63, 3.8) is 0 Å². The molecule has 1 unspecified atom stereocenters. The highest BCUT2D eigenvalue weighted by molar-refractivity contribution is 7.11. The molecule has 7 heteroatoms. The van der Waals surface area contributed by atoms with Crippen LogP contribution < -0.4 is 4.90 Å². The molecule has 0 radical (unpaired) electrons. The van der Waals surface area contributed by atoms with Crippen LogP contribution in [0.15, 0.2) is 41.4 Å². The highest BCUT2D eigenvalue weighted by atomic mass is 35.5. The fraction of sp³-hybridized carbons (Fsp3) is 0.300. The number of hydrogen-bond donors (Lipinski definition) is 0. The van der Waals surface area contributed by atoms with Gasteiger partial charge >= 0.3 is 0 Å². The Morgan fingerprint density at radius 1 is 1.11 bits per heavy atom. The number of carbonyl (C=O) groups is 2. The predicted molar refractivity (Wildman–Crippen MR) is 110 cm³/mol. The Hall–Kier alpha value is -1.82. The van der Waals surface area contributed by atoms with Gasteiger partial charge in [0.15, 0.2) is 0 Å². The van der Waals surface area contributed by atoms with Crippen molar-refractivity contribution in [3.05, 3.63) is 56.3 Å². The molecular weight excluding hydrogens is 403 g/mol. The van der Waals surface area contributed by atoms with Crippen molar-refractivity contribution in [1.82, 2.24) is 4.90 Å². The SMILES string of the molecule is CC1CCCN(C2=C(c3cccs3)C(=O)N(c3ccc(Cl)c(Cl)c3)C2=O)C1. The number of benzene rings is 1. The van der Waals surface area contributed by atoms with Crippen LogP contribution in [-0.2, 0) is 9.59 Å². The summed E-state index contributed by atoms with van der Waals surface area (Å²) in [4.78, 5) is 30.7. The molecule has 0 N–H and O–H groups in total. The summed E-state index contributed by atoms with van der Waals surface area (Å²) in [5, 5.41) is 2.61. The first-order valence-corrected chi connectivity index (χ1v) is 10.5. The quantitative estimate of drug-likeness (QED) is 0.650. The minimum Gasteiger partial charge on any atom is -0.366 e. The molecule has 4 nitrogen and oxygen atoms in total. The summed E-state index contributed by atoms with van der Waals surface area (Å²) in [6.07, 6.45) is 2.15. The zero-order valence-corrected chi connectivity index (χ0v) is 17.1. The average molecular weight is 421 g/mol. The van der Waals surface area contributed by atoms with Gasteiger partial charge in [0, 0.05) is 18.0 Å². The lowest BCUT2D eigenvalue weighted by Gasteiger charge is -2.33. The molecular formula is C20H18Cl2N2O2S. The smallest absolute Gasteiger partial charge is 0.282 e. The van der Waals surface area contributed by atoms with Crippen molar-refractivity contribution in [2.45, 2.75) is 19.8 Å². The third kappa shape index (κ3) is 3.28. The molecule has 1 aromatic carbocycles. The van der Waals surface area contributed by atoms with Gasteiger partial charge in [0.25, 0.3) is 11.8 Å². The summed E-state index contributed by atoms with van der Waals surface area (Å²) in [6.45, 7) is 3.73. The molecule has 0 aliphatic carbocycles. The number of thiophene rings is 1. The fourth-order valence-corrected chi connectivity index (χ4v) is 4.76. The molecule has 2 aliphatic heterocycles. The number of anilines is 1. The maximum Gasteiger partial charge on any atom is 0.282 e. The van der Waals surface area contributed by atoms with Crippen LogP contribution in [0, 0.1) is 5.92 Å². The van der Waals surface area contributed by atoms with Crippen LogP contribution in [0.25, 0.3) is 5.57 Å². The highest BCUT2D eigenvalue weighted by Crippen LogP contribution is 2.39. The first-order valence-electron chi connectivity index (χ1n) is 8.84. The van der Waals surface area contributed by atoms with Gasteiger partial charge in [0.2, 0.25) is 0 Å². The average Bonchev–Trinajstić information content (AvgIpc) is 3.24. The van der Waals surface area contributed by atoms with Crippen LogP contribution >= 0.6 is 34.5 Å². The van der Waals surface area contributed by atoms with Gasteiger partial charge in [-0.05, 0) is 48.4 Å². The van der Waals surface area contributed by atoms with E-state index in [-0.39, 0.29) is 11.8 Å². The molecule has 1 fully saturated rings. The Morgan fingerprint density at radius 3 is 2.59 bits per heavy atom. The van der Waals surface area contributed by atoms with Gasteiger partial charge in [-0.1, -0.05) is 36.2 Å². The highest BCUT2D eigenvalue weighted by Gasteiger charge is 2.43. The Kier molecular flexibility index (Phi) is 5.01. The summed E-state index contributed by atoms with van der Waals surface area (Å²) in [7, 11) is 0. The molecule has 0 spiro atoms. The van der Waals surface area contributed by atoms with Crippen molar-refractivity contribution in [2.75, 3.05) is 18.0 Å². The number of halogens is 2. The van der Waals surface area contributed by atoms with Gasteiger partial charge in [0.05, 0.1) is 21.3 Å². The van der Waals surface area contributed by atoms with Gasteiger partial charge in [-0.3, -0.25) is 9.59 Å². The topological polar surface area (TPSA) is 40.6 Å². The zero-order chi connectivity index (χ0) is 19.1. The molecule has 2 aliphatic rings. The lowest BCUT2D eigenvalue weighted by molar-refractivity contribution is -0.120. The van der Waals surface area contributed by atoms with Gasteiger partial charge in [-0.25, -0.2) is 4.90 Å². The Balaban J connectivity index is 1.80. The molecule has 27 heavy (non-hydrogen) atoms. The van der Waals surface area contributed by atoms with Gasteiger partial charge in [-0.15, -0.1) is 11.3 Å². The van der Waals surface area contributed by atoms with Crippen LogP contribution in [0.2, 0.25) is 10.0 Å². The van der Waals surface area contributed by atoms with Crippen molar-refractivity contribution in [3.8, 4) is 0 Å². The molecule has 3 heterocycles. The van der Waals surface area contributed by atoms with Crippen LogP contribution in [0.5, 0.6) is 0 Å². The fourth-order valence-electron chi connectivity index (χ4n) is 3.71. The summed E-state index contributed by atoms with van der Waals surface area (Å²) in [5.41, 5.74) is 1.42. The minimum atomic E-state index is -0.311. The number of imide groups is 1. The second-order valence-corrected chi connectivity index (χ2v) is 8.70. The maximum atomic E-state index is 13.4. The lowest BCUT2D eigenvalue weighted by atomic mass is 9.99. The Labute approximate surface area is 172 Å². The first kappa shape index (κ1) is 18.5. The van der Waals surface area contributed by atoms with E-state index in [9.17, 15) is 9.59 Å². The van der Waals surface area contributed by atoms with Crippen LogP contribution in [0.4, 0.5) is 5.69 Å². The molecule has 1 atom stereocenters. The molecule has 1 saturated heterocycles. The summed E-state index contributed by atoms with van der Waals surface area (Å²) >= 11 is 13.6. The van der Waals surface area contributed by atoms with E-state index in [0.717, 1.165) is 30.8 Å². The van der Waals surface area contributed by atoms with E-state index >= 15 is 0 Å². The third-order valence-corrected chi connectivity index (χ3v) is 6.59. The van der Waals surface area contributed by atoms with Crippen molar-refractivity contribution < 1.29 is 9.59 Å². The van der Waals surface area contributed by atoms with Crippen LogP contribution in [0.1, 0.15) is 24.6 Å². The van der Waals surface area contributed by atoms with Crippen LogP contribution in [0.3, 0.4) is 0 Å². The molecule has 140 valence electrons. The Morgan fingerprint density at radius 2 is 1.93 bits per heavy atom. The lowest BCUT2D eigenvalue weighted by Crippen LogP contribution is -2.39. The molecule has 2 aromatic rings. The standard InChI is InChI=1S/C20H18Cl2N2O2S/c1-12-4-2-8-23(11-12)18-17(16-5-3-9-27-16)19(25)24(20(18)26)13-6-7-14(21)15(22)10-13/h3,5-7,9-10,12H,2,4,8,11H2,1H3. The summed E-state index contributed by atoms with van der Waals surface area (Å²) in [5.74, 6) is -0.122. The largest absolute Gasteiger partial charge is 0.366 e. The first-order chi connectivity index (χ1) is 13.0. The van der Waals surface area contributed by atoms with Crippen molar-refractivity contribution in [2.24, 2.45) is 5.92 Å². The predicted octanol–water partition coefficient (Wildman–Crippen LogP) is 5.07. The maximum absolute atomic E-state index is 13.4. The second kappa shape index (κ2) is 7.30. The van der Waals surface area contributed by atoms with E-state index in [1.165, 1.54) is 16.2 Å². The number of carbonyl (C=O) groups excluding carboxylic acids is 2. The van der Waals surface area contributed by atoms with Crippen molar-refractivity contribution in [1.29, 1.82) is 0 Å². The zero-order valence-electron chi connectivity index (χ0n) is 14.7. The number of nitrogens with zero attached hydrogens (tertiary/aromatic N) is 2. The monoisotopic (exact) mass is 420 g/mol. The minimum absolute atomic E-state index is 0.295. The number of hydrogen-bond acceptors (Lipinski definition) is 4. The van der Waals surface area contributed by atoms with Gasteiger partial charge < -0.3 is 4.90 Å². The van der Waals surface area contributed by atoms with E-state index in [1.807, 2.05) is 17.5 Å². The molecule has 4 rings (SSSR count). The molecule has 0 saturated carbocycles. The van der Waals surface area contributed by atoms with E-state index in [1.54, 1.807) is 18.2 Å². The van der Waals surface area contributed by atoms with E-state index in [4.69, 9.17) is 23.2 Å². The number of likely N-dealkylation sites (tertiary alicyclic amines) is 1. The number of amides is 2. The summed E-state index contributed by atoms with van der Waals surface area (Å²) in [6, 6.07) is 8.59. The number of rotatable bonds is 3. The van der Waals surface area contributed by atoms with E-state index in [2.05, 4.69) is 11.8 Å². The van der Waals surface area contributed by atoms with Gasteiger partial charge in [0.1, 0.15) is 5.70 Å². The van der Waals surface area contributed by atoms with E-state index in [0.29, 0.717) is 32.9 Å². The molecule has 1 aromatic heterocycles. The third-order valence-electron chi connectivity index (χ3n) is 4.96. The van der Waals surface area contributed by atoms with Gasteiger partial charge in [-0.2, -0.15) is 0 Å². The second-order valence-electron chi connectivity index (χ2n) is 6.94. The number of piperidine rings is 1. The van der Waals surface area contributed by atoms with Crippen molar-refractivity contribution >= 4 is 57.6 Å². The van der Waals surface area contributed by atoms with Crippen LogP contribution in [-0.4, -0.2) is 29.8 Å².